The summed E-state index contributed by atoms with van der Waals surface area (Å²) in [6.45, 7) is 10.2. The molecule has 0 aromatic carbocycles. The highest BCUT2D eigenvalue weighted by Crippen LogP contribution is 2.19. The first kappa shape index (κ1) is 14.7. The molecule has 0 bridgehead atoms. The number of nitrogens with zero attached hydrogens (tertiary/aromatic N) is 1. The maximum atomic E-state index is 11.9. The van der Waals surface area contributed by atoms with Gasteiger partial charge in [0.2, 0.25) is 0 Å². The molecule has 0 unspecified atom stereocenters. The maximum Gasteiger partial charge on any atom is 0.164 e. The zero-order valence-electron chi connectivity index (χ0n) is 12.3. The Kier molecular flexibility index (Phi) is 4.89. The Morgan fingerprint density at radius 2 is 2.06 bits per heavy atom. The molecule has 0 N–H and O–H groups in total. The molecule has 0 aliphatic heterocycles. The molecule has 1 rings (SSSR count). The summed E-state index contributed by atoms with van der Waals surface area (Å²) in [6.07, 6.45) is 2.10. The molecule has 1 aromatic rings. The van der Waals surface area contributed by atoms with Crippen molar-refractivity contribution in [1.29, 1.82) is 0 Å². The van der Waals surface area contributed by atoms with Crippen LogP contribution in [0.25, 0.3) is 0 Å². The summed E-state index contributed by atoms with van der Waals surface area (Å²) in [5, 5.41) is 0. The van der Waals surface area contributed by atoms with E-state index >= 15 is 0 Å². The van der Waals surface area contributed by atoms with Gasteiger partial charge in [-0.25, -0.2) is 0 Å². The first-order valence-corrected chi connectivity index (χ1v) is 6.46. The van der Waals surface area contributed by atoms with Crippen molar-refractivity contribution < 1.29 is 4.79 Å². The molecule has 0 spiro atoms. The number of allylic oxidation sites excluding steroid dienone is 2. The third-order valence-electron chi connectivity index (χ3n) is 2.99. The predicted molar refractivity (Wildman–Crippen MR) is 79.4 cm³/mol. The van der Waals surface area contributed by atoms with Crippen molar-refractivity contribution in [3.8, 4) is 0 Å². The molecule has 0 aliphatic carbocycles. The zero-order valence-corrected chi connectivity index (χ0v) is 12.3. The van der Waals surface area contributed by atoms with Crippen LogP contribution in [-0.4, -0.2) is 18.6 Å². The van der Waals surface area contributed by atoms with Crippen molar-refractivity contribution in [3.05, 3.63) is 34.5 Å². The summed E-state index contributed by atoms with van der Waals surface area (Å²) in [4.78, 5) is 16.5. The van der Waals surface area contributed by atoms with E-state index in [1.807, 2.05) is 21.7 Å². The molecule has 0 saturated carbocycles. The van der Waals surface area contributed by atoms with Crippen molar-refractivity contribution in [2.75, 3.05) is 0 Å². The molecular weight excluding hydrogens is 221 g/mol. The Morgan fingerprint density at radius 1 is 1.44 bits per heavy atom. The van der Waals surface area contributed by atoms with Crippen LogP contribution in [0.4, 0.5) is 0 Å². The lowest BCUT2D eigenvalue weighted by atomic mass is 9.91. The van der Waals surface area contributed by atoms with Gasteiger partial charge >= 0.3 is 0 Å². The lowest BCUT2D eigenvalue weighted by Gasteiger charge is -2.14. The van der Waals surface area contributed by atoms with Gasteiger partial charge in [-0.05, 0) is 49.5 Å². The normalized spacial score (nSPS) is 10.6. The van der Waals surface area contributed by atoms with Crippen molar-refractivity contribution in [2.45, 2.75) is 47.0 Å². The van der Waals surface area contributed by atoms with Crippen LogP contribution in [0.15, 0.2) is 17.7 Å². The van der Waals surface area contributed by atoms with E-state index in [2.05, 4.69) is 31.8 Å². The van der Waals surface area contributed by atoms with E-state index < -0.39 is 0 Å². The van der Waals surface area contributed by atoms with Crippen LogP contribution in [-0.2, 0) is 11.2 Å². The first-order chi connectivity index (χ1) is 8.31. The Hall–Kier alpha value is -1.38. The van der Waals surface area contributed by atoms with Gasteiger partial charge in [0.1, 0.15) is 0 Å². The van der Waals surface area contributed by atoms with E-state index in [1.54, 1.807) is 6.08 Å². The Labute approximate surface area is 111 Å². The van der Waals surface area contributed by atoms with Gasteiger partial charge in [-0.1, -0.05) is 25.5 Å². The highest BCUT2D eigenvalue weighted by molar-refractivity contribution is 6.31. The number of carbonyl (C=O) groups excluding carboxylic acids is 1. The van der Waals surface area contributed by atoms with Crippen LogP contribution in [0, 0.1) is 6.92 Å². The van der Waals surface area contributed by atoms with Crippen molar-refractivity contribution >= 4 is 19.2 Å². The Bertz CT molecular complexity index is 486. The smallest absolute Gasteiger partial charge is 0.164 e. The summed E-state index contributed by atoms with van der Waals surface area (Å²) >= 11 is 0. The predicted octanol–water partition coefficient (Wildman–Crippen LogP) is 1.85. The van der Waals surface area contributed by atoms with Crippen molar-refractivity contribution in [3.63, 3.8) is 0 Å². The second kappa shape index (κ2) is 5.99. The average molecular weight is 243 g/mol. The topological polar surface area (TPSA) is 30.0 Å². The fraction of sp³-hybridized carbons (Fsp3) is 0.467. The molecule has 0 aliphatic rings. The van der Waals surface area contributed by atoms with Gasteiger partial charge < -0.3 is 0 Å². The van der Waals surface area contributed by atoms with E-state index in [1.165, 1.54) is 11.1 Å². The van der Waals surface area contributed by atoms with Crippen molar-refractivity contribution in [1.82, 2.24) is 4.98 Å². The van der Waals surface area contributed by atoms with Crippen LogP contribution < -0.4 is 5.59 Å². The molecule has 18 heavy (non-hydrogen) atoms. The zero-order chi connectivity index (χ0) is 13.9. The number of pyridine rings is 1. The van der Waals surface area contributed by atoms with Crippen LogP contribution in [0.1, 0.15) is 50.4 Å². The van der Waals surface area contributed by atoms with E-state index in [9.17, 15) is 4.79 Å². The van der Waals surface area contributed by atoms with E-state index in [-0.39, 0.29) is 5.78 Å². The van der Waals surface area contributed by atoms with Gasteiger partial charge in [-0.2, -0.15) is 0 Å². The Balaban J connectivity index is 3.11. The van der Waals surface area contributed by atoms with Crippen LogP contribution in [0.5, 0.6) is 0 Å². The average Bonchev–Trinajstić information content (AvgIpc) is 2.21. The number of rotatable bonds is 4. The number of hydrogen-bond donors (Lipinski definition) is 0. The number of aromatic nitrogens is 1. The van der Waals surface area contributed by atoms with Gasteiger partial charge in [0.15, 0.2) is 13.6 Å². The van der Waals surface area contributed by atoms with Gasteiger partial charge in [-0.3, -0.25) is 9.78 Å². The largest absolute Gasteiger partial charge is 0.294 e. The minimum atomic E-state index is 0.132. The van der Waals surface area contributed by atoms with Crippen LogP contribution >= 0.6 is 0 Å². The fourth-order valence-electron chi connectivity index (χ4n) is 1.96. The first-order valence-electron chi connectivity index (χ1n) is 6.46. The Morgan fingerprint density at radius 3 is 2.56 bits per heavy atom. The van der Waals surface area contributed by atoms with E-state index in [4.69, 9.17) is 0 Å². The molecular formula is C15H22BNO. The van der Waals surface area contributed by atoms with Crippen LogP contribution in [0.2, 0.25) is 0 Å². The second-order valence-electron chi connectivity index (χ2n) is 5.45. The molecule has 1 aromatic heterocycles. The summed E-state index contributed by atoms with van der Waals surface area (Å²) < 4.78 is 0. The minimum Gasteiger partial charge on any atom is -0.294 e. The van der Waals surface area contributed by atoms with Gasteiger partial charge in [0.05, 0.1) is 12.1 Å². The summed E-state index contributed by atoms with van der Waals surface area (Å²) in [7, 11) is 1.99. The quantitative estimate of drug-likeness (QED) is 0.596. The minimum absolute atomic E-state index is 0.132. The molecule has 0 radical (unpaired) electrons. The fourth-order valence-corrected chi connectivity index (χ4v) is 1.96. The van der Waals surface area contributed by atoms with Crippen molar-refractivity contribution in [2.24, 2.45) is 0 Å². The molecule has 0 amide bonds. The maximum absolute atomic E-state index is 11.9. The number of carbonyl (C=O) groups is 1. The summed E-state index contributed by atoms with van der Waals surface area (Å²) in [6, 6.07) is 2.16. The second-order valence-corrected chi connectivity index (χ2v) is 5.45. The molecule has 1 heterocycles. The number of hydrogen-bond acceptors (Lipinski definition) is 2. The molecule has 0 saturated heterocycles. The molecule has 96 valence electrons. The molecule has 0 atom stereocenters. The van der Waals surface area contributed by atoms with Gasteiger partial charge in [0, 0.05) is 0 Å². The van der Waals surface area contributed by atoms with E-state index in [0.717, 1.165) is 16.9 Å². The number of aryl methyl sites for hydroxylation is 1. The van der Waals surface area contributed by atoms with Crippen LogP contribution in [0.3, 0.4) is 0 Å². The SMILES string of the molecule is Bc1nc(CC(=O)C=C(C)C)c(C(C)C)cc1C. The monoisotopic (exact) mass is 243 g/mol. The third kappa shape index (κ3) is 3.83. The lowest BCUT2D eigenvalue weighted by Crippen LogP contribution is -2.19. The highest BCUT2D eigenvalue weighted by Gasteiger charge is 2.12. The third-order valence-corrected chi connectivity index (χ3v) is 2.99. The van der Waals surface area contributed by atoms with Gasteiger partial charge in [0.25, 0.3) is 0 Å². The molecule has 3 heteroatoms. The van der Waals surface area contributed by atoms with E-state index in [0.29, 0.717) is 12.3 Å². The summed E-state index contributed by atoms with van der Waals surface area (Å²) in [5.41, 5.74) is 5.36. The molecule has 2 nitrogen and oxygen atoms in total. The standard InChI is InChI=1S/C15H22BNO/c1-9(2)6-12(18)8-14-13(10(3)4)7-11(5)15(16)17-14/h6-7,10H,8,16H2,1-5H3. The lowest BCUT2D eigenvalue weighted by molar-refractivity contribution is -0.114. The van der Waals surface area contributed by atoms with Gasteiger partial charge in [-0.15, -0.1) is 0 Å². The highest BCUT2D eigenvalue weighted by atomic mass is 16.1. The number of ketones is 1. The molecule has 0 fully saturated rings. The summed E-state index contributed by atoms with van der Waals surface area (Å²) in [5.74, 6) is 0.527.